The van der Waals surface area contributed by atoms with Crippen LogP contribution in [0.3, 0.4) is 0 Å². The number of para-hydroxylation sites is 1. The van der Waals surface area contributed by atoms with Gasteiger partial charge in [0.25, 0.3) is 0 Å². The minimum atomic E-state index is -0.188. The van der Waals surface area contributed by atoms with Gasteiger partial charge in [-0.1, -0.05) is 0 Å². The molecule has 0 spiro atoms. The molecular formula is C14H13ClNRu. The SMILES string of the molecule is [Cl][Ru]=[CH]c1ccccc1NCc1ccccc1. The third-order valence-corrected chi connectivity index (χ3v) is 3.62. The molecule has 0 heterocycles. The molecule has 3 heteroatoms. The van der Waals surface area contributed by atoms with Crippen LogP contribution in [0.1, 0.15) is 11.1 Å². The summed E-state index contributed by atoms with van der Waals surface area (Å²) in [7, 11) is 5.83. The molecule has 0 aliphatic heterocycles. The van der Waals surface area contributed by atoms with Crippen molar-refractivity contribution in [1.29, 1.82) is 0 Å². The van der Waals surface area contributed by atoms with Crippen LogP contribution in [-0.2, 0) is 22.2 Å². The topological polar surface area (TPSA) is 12.0 Å². The summed E-state index contributed by atoms with van der Waals surface area (Å²) < 4.78 is 2.10. The van der Waals surface area contributed by atoms with Crippen LogP contribution in [0.25, 0.3) is 0 Å². The fourth-order valence-corrected chi connectivity index (χ4v) is 2.72. The first-order chi connectivity index (χ1) is 8.40. The van der Waals surface area contributed by atoms with Crippen LogP contribution in [-0.4, -0.2) is 4.61 Å². The maximum atomic E-state index is 5.83. The van der Waals surface area contributed by atoms with Gasteiger partial charge in [0.2, 0.25) is 0 Å². The van der Waals surface area contributed by atoms with E-state index in [1.54, 1.807) is 0 Å². The molecule has 0 atom stereocenters. The van der Waals surface area contributed by atoms with Crippen LogP contribution in [0.2, 0.25) is 0 Å². The summed E-state index contributed by atoms with van der Waals surface area (Å²) in [4.78, 5) is 0. The van der Waals surface area contributed by atoms with Crippen molar-refractivity contribution in [3.05, 3.63) is 65.7 Å². The minimum absolute atomic E-state index is 0.188. The van der Waals surface area contributed by atoms with E-state index < -0.39 is 0 Å². The van der Waals surface area contributed by atoms with E-state index in [-0.39, 0.29) is 15.7 Å². The van der Waals surface area contributed by atoms with Crippen LogP contribution in [0.4, 0.5) is 5.69 Å². The Morgan fingerprint density at radius 2 is 1.71 bits per heavy atom. The summed E-state index contributed by atoms with van der Waals surface area (Å²) in [6.07, 6.45) is 0. The Hall–Kier alpha value is -0.977. The summed E-state index contributed by atoms with van der Waals surface area (Å²) in [5.74, 6) is 0. The zero-order chi connectivity index (χ0) is 11.9. The summed E-state index contributed by atoms with van der Waals surface area (Å²) in [5.41, 5.74) is 3.61. The number of anilines is 1. The van der Waals surface area contributed by atoms with Gasteiger partial charge in [0.05, 0.1) is 0 Å². The fraction of sp³-hybridized carbons (Fsp3) is 0.0714. The first kappa shape index (κ1) is 12.5. The van der Waals surface area contributed by atoms with E-state index in [2.05, 4.69) is 46.3 Å². The van der Waals surface area contributed by atoms with Crippen molar-refractivity contribution in [1.82, 2.24) is 0 Å². The van der Waals surface area contributed by atoms with Gasteiger partial charge in [-0.2, -0.15) is 0 Å². The molecule has 0 amide bonds. The second-order valence-corrected chi connectivity index (χ2v) is 5.40. The Labute approximate surface area is 113 Å². The first-order valence-electron chi connectivity index (χ1n) is 5.32. The van der Waals surface area contributed by atoms with Gasteiger partial charge in [0.15, 0.2) is 0 Å². The molecular weight excluding hydrogens is 319 g/mol. The summed E-state index contributed by atoms with van der Waals surface area (Å²) in [5, 5.41) is 3.44. The van der Waals surface area contributed by atoms with Gasteiger partial charge >= 0.3 is 113 Å². The number of benzene rings is 2. The monoisotopic (exact) mass is 332 g/mol. The van der Waals surface area contributed by atoms with Crippen molar-refractivity contribution in [2.24, 2.45) is 0 Å². The molecule has 0 radical (unpaired) electrons. The van der Waals surface area contributed by atoms with E-state index in [0.29, 0.717) is 0 Å². The van der Waals surface area contributed by atoms with Crippen LogP contribution in [0.5, 0.6) is 0 Å². The van der Waals surface area contributed by atoms with Crippen molar-refractivity contribution in [2.45, 2.75) is 6.54 Å². The second kappa shape index (κ2) is 6.68. The fourth-order valence-electron chi connectivity index (χ4n) is 1.58. The Kier molecular flexibility index (Phi) is 4.91. The molecule has 0 fully saturated rings. The van der Waals surface area contributed by atoms with Crippen molar-refractivity contribution < 1.29 is 15.7 Å². The predicted octanol–water partition coefficient (Wildman–Crippen LogP) is 3.69. The molecule has 17 heavy (non-hydrogen) atoms. The maximum absolute atomic E-state index is 5.83. The normalized spacial score (nSPS) is 11.1. The van der Waals surface area contributed by atoms with Gasteiger partial charge < -0.3 is 0 Å². The van der Waals surface area contributed by atoms with E-state index in [9.17, 15) is 0 Å². The van der Waals surface area contributed by atoms with Gasteiger partial charge in [-0.3, -0.25) is 0 Å². The van der Waals surface area contributed by atoms with E-state index in [1.165, 1.54) is 11.1 Å². The van der Waals surface area contributed by atoms with Crippen LogP contribution in [0, 0.1) is 0 Å². The zero-order valence-electron chi connectivity index (χ0n) is 9.21. The van der Waals surface area contributed by atoms with Crippen molar-refractivity contribution >= 4 is 20.0 Å². The zero-order valence-corrected chi connectivity index (χ0v) is 11.7. The Morgan fingerprint density at radius 3 is 2.47 bits per heavy atom. The van der Waals surface area contributed by atoms with Crippen molar-refractivity contribution in [2.75, 3.05) is 5.32 Å². The molecule has 0 saturated carbocycles. The Balaban J connectivity index is 2.09. The van der Waals surface area contributed by atoms with Gasteiger partial charge in [-0.15, -0.1) is 0 Å². The third kappa shape index (κ3) is 3.76. The van der Waals surface area contributed by atoms with E-state index >= 15 is 0 Å². The van der Waals surface area contributed by atoms with E-state index in [4.69, 9.17) is 9.69 Å². The summed E-state index contributed by atoms with van der Waals surface area (Å²) >= 11 is -0.188. The second-order valence-electron chi connectivity index (χ2n) is 3.61. The number of rotatable bonds is 4. The summed E-state index contributed by atoms with van der Waals surface area (Å²) in [6.45, 7) is 0.837. The van der Waals surface area contributed by atoms with Crippen molar-refractivity contribution in [3.8, 4) is 0 Å². The molecule has 2 aromatic carbocycles. The molecule has 89 valence electrons. The first-order valence-corrected chi connectivity index (χ1v) is 8.56. The van der Waals surface area contributed by atoms with Gasteiger partial charge in [0.1, 0.15) is 0 Å². The molecule has 2 rings (SSSR count). The molecule has 1 N–H and O–H groups in total. The number of hydrogen-bond donors (Lipinski definition) is 1. The van der Waals surface area contributed by atoms with Crippen LogP contribution >= 0.6 is 9.69 Å². The van der Waals surface area contributed by atoms with Crippen LogP contribution in [0.15, 0.2) is 54.6 Å². The molecule has 0 aliphatic carbocycles. The molecule has 0 unspecified atom stereocenters. The van der Waals surface area contributed by atoms with Gasteiger partial charge in [-0.25, -0.2) is 0 Å². The van der Waals surface area contributed by atoms with Crippen molar-refractivity contribution in [3.63, 3.8) is 0 Å². The van der Waals surface area contributed by atoms with Gasteiger partial charge in [-0.05, 0) is 0 Å². The number of hydrogen-bond acceptors (Lipinski definition) is 1. The molecule has 0 bridgehead atoms. The molecule has 0 saturated heterocycles. The third-order valence-electron chi connectivity index (χ3n) is 2.44. The van der Waals surface area contributed by atoms with Crippen LogP contribution < -0.4 is 5.32 Å². The summed E-state index contributed by atoms with van der Waals surface area (Å²) in [6, 6.07) is 18.6. The van der Waals surface area contributed by atoms with E-state index in [0.717, 1.165) is 12.2 Å². The molecule has 1 nitrogen and oxygen atoms in total. The predicted molar refractivity (Wildman–Crippen MR) is 71.2 cm³/mol. The molecule has 0 aliphatic rings. The number of halogens is 1. The van der Waals surface area contributed by atoms with Gasteiger partial charge in [0, 0.05) is 0 Å². The number of nitrogens with one attached hydrogen (secondary N) is 1. The van der Waals surface area contributed by atoms with E-state index in [1.807, 2.05) is 18.2 Å². The average molecular weight is 332 g/mol. The Bertz CT molecular complexity index is 497. The molecule has 2 aromatic rings. The Morgan fingerprint density at radius 1 is 1.00 bits per heavy atom. The average Bonchev–Trinajstić information content (AvgIpc) is 2.39. The quantitative estimate of drug-likeness (QED) is 0.843. The molecule has 0 aromatic heterocycles. The standard InChI is InChI=1S/C14H13N.ClH.Ru/c1-12-7-5-6-10-14(12)15-11-13-8-3-2-4-9-13;;/h1-10,15H,11H2;1H;/q;;+1/p-1.